The van der Waals surface area contributed by atoms with Crippen molar-refractivity contribution >= 4 is 27.5 Å². The smallest absolute Gasteiger partial charge is 0.258 e. The van der Waals surface area contributed by atoms with Gasteiger partial charge in [0.15, 0.2) is 4.90 Å². The highest BCUT2D eigenvalue weighted by molar-refractivity contribution is 7.99. The highest BCUT2D eigenvalue weighted by Gasteiger charge is 2.31. The minimum absolute atomic E-state index is 0.266. The monoisotopic (exact) mass is 306 g/mol. The number of para-hydroxylation sites is 1. The highest BCUT2D eigenvalue weighted by Crippen LogP contribution is 2.27. The van der Waals surface area contributed by atoms with Crippen molar-refractivity contribution in [1.82, 2.24) is 4.72 Å². The molecule has 1 aliphatic heterocycles. The number of nitrogens with zero attached hydrogens (tertiary/aromatic N) is 1. The van der Waals surface area contributed by atoms with E-state index in [-0.39, 0.29) is 6.04 Å². The number of rotatable bonds is 4. The number of thioether (sulfide) groups is 1. The lowest BCUT2D eigenvalue weighted by Crippen LogP contribution is -2.35. The third-order valence-electron chi connectivity index (χ3n) is 2.67. The second-order valence-corrected chi connectivity index (χ2v) is 6.86. The van der Waals surface area contributed by atoms with E-state index in [0.29, 0.717) is 12.2 Å². The van der Waals surface area contributed by atoms with Gasteiger partial charge in [-0.25, -0.2) is 13.1 Å². The first-order valence-electron chi connectivity index (χ1n) is 5.45. The third kappa shape index (κ3) is 3.04. The average molecular weight is 306 g/mol. The molecule has 1 saturated heterocycles. The summed E-state index contributed by atoms with van der Waals surface area (Å²) in [5.74, 6) is 0.287. The predicted molar refractivity (Wildman–Crippen MR) is 69.1 cm³/mol. The number of hydrogen-bond acceptors (Lipinski definition) is 5. The van der Waals surface area contributed by atoms with Crippen LogP contribution in [0.15, 0.2) is 23.1 Å². The summed E-state index contributed by atoms with van der Waals surface area (Å²) < 4.78 is 39.9. The molecule has 0 bridgehead atoms. The molecule has 0 radical (unpaired) electrons. The first-order valence-corrected chi connectivity index (χ1v) is 8.08. The zero-order valence-electron chi connectivity index (χ0n) is 9.71. The van der Waals surface area contributed by atoms with Gasteiger partial charge in [0.25, 0.3) is 0 Å². The fourth-order valence-electron chi connectivity index (χ4n) is 1.80. The SMILES string of the molecule is O=[N+]([O-])c1c(F)cccc1S(=O)(=O)NC1CCSC1. The van der Waals surface area contributed by atoms with Gasteiger partial charge in [-0.05, 0) is 24.3 Å². The lowest BCUT2D eigenvalue weighted by Gasteiger charge is -2.12. The van der Waals surface area contributed by atoms with E-state index in [1.165, 1.54) is 0 Å². The third-order valence-corrected chi connectivity index (χ3v) is 5.39. The predicted octanol–water partition coefficient (Wildman–Crippen LogP) is 1.52. The molecule has 1 N–H and O–H groups in total. The topological polar surface area (TPSA) is 89.3 Å². The van der Waals surface area contributed by atoms with Crippen molar-refractivity contribution in [1.29, 1.82) is 0 Å². The Morgan fingerprint density at radius 3 is 2.79 bits per heavy atom. The first-order chi connectivity index (χ1) is 8.92. The number of benzene rings is 1. The summed E-state index contributed by atoms with van der Waals surface area (Å²) in [4.78, 5) is 9.14. The average Bonchev–Trinajstić information content (AvgIpc) is 2.80. The summed E-state index contributed by atoms with van der Waals surface area (Å²) in [6, 6.07) is 2.77. The standard InChI is InChI=1S/C10H11FN2O4S2/c11-8-2-1-3-9(10(8)13(14)15)19(16,17)12-7-4-5-18-6-7/h1-3,7,12H,4-6H2. The van der Waals surface area contributed by atoms with Crippen LogP contribution in [0.4, 0.5) is 10.1 Å². The van der Waals surface area contributed by atoms with Gasteiger partial charge < -0.3 is 0 Å². The van der Waals surface area contributed by atoms with E-state index in [4.69, 9.17) is 0 Å². The van der Waals surface area contributed by atoms with Gasteiger partial charge in [-0.1, -0.05) is 6.07 Å². The molecule has 6 nitrogen and oxygen atoms in total. The van der Waals surface area contributed by atoms with Crippen LogP contribution in [0, 0.1) is 15.9 Å². The van der Waals surface area contributed by atoms with Crippen LogP contribution >= 0.6 is 11.8 Å². The maximum atomic E-state index is 13.4. The number of halogens is 1. The molecular formula is C10H11FN2O4S2. The number of sulfonamides is 1. The molecule has 19 heavy (non-hydrogen) atoms. The number of nitro benzene ring substituents is 1. The molecule has 104 valence electrons. The van der Waals surface area contributed by atoms with Gasteiger partial charge in [0.1, 0.15) is 0 Å². The van der Waals surface area contributed by atoms with Gasteiger partial charge in [0.2, 0.25) is 15.8 Å². The van der Waals surface area contributed by atoms with Crippen molar-refractivity contribution in [3.8, 4) is 0 Å². The quantitative estimate of drug-likeness (QED) is 0.673. The summed E-state index contributed by atoms with van der Waals surface area (Å²) in [6.45, 7) is 0. The number of nitrogens with one attached hydrogen (secondary N) is 1. The second kappa shape index (κ2) is 5.43. The maximum absolute atomic E-state index is 13.4. The Morgan fingerprint density at radius 1 is 1.47 bits per heavy atom. The molecule has 0 amide bonds. The van der Waals surface area contributed by atoms with Gasteiger partial charge >= 0.3 is 5.69 Å². The first kappa shape index (κ1) is 14.2. The van der Waals surface area contributed by atoms with Gasteiger partial charge in [-0.15, -0.1) is 0 Å². The van der Waals surface area contributed by atoms with Crippen LogP contribution in [0.25, 0.3) is 0 Å². The molecule has 2 rings (SSSR count). The number of hydrogen-bond donors (Lipinski definition) is 1. The lowest BCUT2D eigenvalue weighted by atomic mass is 10.3. The Morgan fingerprint density at radius 2 is 2.21 bits per heavy atom. The van der Waals surface area contributed by atoms with Crippen molar-refractivity contribution in [2.45, 2.75) is 17.4 Å². The van der Waals surface area contributed by atoms with E-state index < -0.39 is 31.3 Å². The second-order valence-electron chi connectivity index (χ2n) is 4.03. The molecule has 1 aliphatic rings. The van der Waals surface area contributed by atoms with Crippen molar-refractivity contribution in [2.24, 2.45) is 0 Å². The molecule has 0 saturated carbocycles. The van der Waals surface area contributed by atoms with E-state index in [9.17, 15) is 22.9 Å². The number of nitro groups is 1. The maximum Gasteiger partial charge on any atom is 0.324 e. The summed E-state index contributed by atoms with van der Waals surface area (Å²) in [5, 5.41) is 10.8. The Hall–Kier alpha value is -1.19. The van der Waals surface area contributed by atoms with Crippen molar-refractivity contribution in [2.75, 3.05) is 11.5 Å². The summed E-state index contributed by atoms with van der Waals surface area (Å²) in [6.07, 6.45) is 0.660. The normalized spacial score (nSPS) is 19.5. The summed E-state index contributed by atoms with van der Waals surface area (Å²) in [7, 11) is -4.09. The lowest BCUT2D eigenvalue weighted by molar-refractivity contribution is -0.390. The van der Waals surface area contributed by atoms with Crippen molar-refractivity contribution in [3.05, 3.63) is 34.1 Å². The van der Waals surface area contributed by atoms with Crippen molar-refractivity contribution < 1.29 is 17.7 Å². The largest absolute Gasteiger partial charge is 0.324 e. The molecular weight excluding hydrogens is 295 g/mol. The molecule has 1 unspecified atom stereocenters. The Kier molecular flexibility index (Phi) is 4.07. The van der Waals surface area contributed by atoms with Crippen LogP contribution in [-0.4, -0.2) is 30.9 Å². The molecule has 1 aromatic rings. The molecule has 0 aromatic heterocycles. The minimum Gasteiger partial charge on any atom is -0.258 e. The van der Waals surface area contributed by atoms with Crippen LogP contribution < -0.4 is 4.72 Å². The molecule has 0 aliphatic carbocycles. The Labute approximate surface area is 113 Å². The van der Waals surface area contributed by atoms with E-state index in [1.807, 2.05) is 0 Å². The molecule has 1 heterocycles. The van der Waals surface area contributed by atoms with Crippen LogP contribution in [0.3, 0.4) is 0 Å². The van der Waals surface area contributed by atoms with Gasteiger partial charge in [0.05, 0.1) is 4.92 Å². The van der Waals surface area contributed by atoms with E-state index in [2.05, 4.69) is 4.72 Å². The fraction of sp³-hybridized carbons (Fsp3) is 0.400. The summed E-state index contributed by atoms with van der Waals surface area (Å²) in [5.41, 5.74) is -1.01. The van der Waals surface area contributed by atoms with E-state index >= 15 is 0 Å². The zero-order chi connectivity index (χ0) is 14.0. The molecule has 1 atom stereocenters. The minimum atomic E-state index is -4.09. The van der Waals surface area contributed by atoms with Crippen molar-refractivity contribution in [3.63, 3.8) is 0 Å². The van der Waals surface area contributed by atoms with Gasteiger partial charge in [-0.3, -0.25) is 10.1 Å². The summed E-state index contributed by atoms with van der Waals surface area (Å²) >= 11 is 1.60. The van der Waals surface area contributed by atoms with Crippen LogP contribution in [0.1, 0.15) is 6.42 Å². The van der Waals surface area contributed by atoms with Crippen LogP contribution in [0.5, 0.6) is 0 Å². The van der Waals surface area contributed by atoms with E-state index in [1.54, 1.807) is 11.8 Å². The van der Waals surface area contributed by atoms with Gasteiger partial charge in [-0.2, -0.15) is 16.2 Å². The molecule has 0 spiro atoms. The Bertz CT molecular complexity index is 600. The molecule has 1 fully saturated rings. The highest BCUT2D eigenvalue weighted by atomic mass is 32.2. The van der Waals surface area contributed by atoms with Crippen LogP contribution in [0.2, 0.25) is 0 Å². The zero-order valence-corrected chi connectivity index (χ0v) is 11.3. The molecule has 1 aromatic carbocycles. The van der Waals surface area contributed by atoms with E-state index in [0.717, 1.165) is 24.0 Å². The van der Waals surface area contributed by atoms with Gasteiger partial charge in [0, 0.05) is 11.8 Å². The Balaban J connectivity index is 2.39. The fourth-order valence-corrected chi connectivity index (χ4v) is 4.51. The van der Waals surface area contributed by atoms with Crippen LogP contribution in [-0.2, 0) is 10.0 Å². The molecule has 9 heteroatoms.